The van der Waals surface area contributed by atoms with Gasteiger partial charge in [-0.05, 0) is 135 Å². The zero-order valence-corrected chi connectivity index (χ0v) is 39.5. The van der Waals surface area contributed by atoms with Crippen molar-refractivity contribution in [2.75, 3.05) is 0 Å². The van der Waals surface area contributed by atoms with Crippen LogP contribution in [-0.4, -0.2) is 16.1 Å². The highest BCUT2D eigenvalue weighted by Crippen LogP contribution is 2.47. The van der Waals surface area contributed by atoms with Crippen LogP contribution in [0.3, 0.4) is 0 Å². The van der Waals surface area contributed by atoms with Crippen molar-refractivity contribution in [3.63, 3.8) is 0 Å². The van der Waals surface area contributed by atoms with Gasteiger partial charge in [-0.15, -0.1) is 0 Å². The van der Waals surface area contributed by atoms with E-state index in [1.54, 1.807) is 0 Å². The summed E-state index contributed by atoms with van der Waals surface area (Å²) in [6, 6.07) is 92.8. The van der Waals surface area contributed by atoms with Crippen molar-refractivity contribution in [1.29, 1.82) is 0 Å². The minimum Gasteiger partial charge on any atom is -0.0623 e. The molecule has 10 aromatic carbocycles. The van der Waals surface area contributed by atoms with Gasteiger partial charge < -0.3 is 0 Å². The Morgan fingerprint density at radius 1 is 0.242 bits per heavy atom. The second-order valence-electron chi connectivity index (χ2n) is 18.5. The molecule has 0 nitrogen and oxygen atoms in total. The number of aryl methyl sites for hydroxylation is 2. The molecular weight excluding hydrogens is 825 g/mol. The predicted molar refractivity (Wildman–Crippen MR) is 285 cm³/mol. The maximum Gasteiger partial charge on any atom is 0.179 e. The Labute approximate surface area is 391 Å². The van der Waals surface area contributed by atoms with Gasteiger partial charge in [0.25, 0.3) is 0 Å². The third-order valence-electron chi connectivity index (χ3n) is 14.7. The van der Waals surface area contributed by atoms with Crippen LogP contribution in [0.1, 0.15) is 33.4 Å². The molecule has 0 atom stereocenters. The highest BCUT2D eigenvalue weighted by atomic mass is 28.3. The summed E-state index contributed by atoms with van der Waals surface area (Å²) in [5.41, 5.74) is 16.6. The van der Waals surface area contributed by atoms with E-state index < -0.39 is 16.1 Å². The Bertz CT molecular complexity index is 2970. The maximum atomic E-state index is 2.59. The molecule has 0 bridgehead atoms. The van der Waals surface area contributed by atoms with E-state index in [4.69, 9.17) is 0 Å². The van der Waals surface area contributed by atoms with E-state index in [1.165, 1.54) is 108 Å². The molecule has 12 rings (SSSR count). The van der Waals surface area contributed by atoms with Crippen molar-refractivity contribution in [2.24, 2.45) is 0 Å². The normalized spacial score (nSPS) is 12.6. The number of rotatable bonds is 9. The van der Waals surface area contributed by atoms with E-state index in [-0.39, 0.29) is 0 Å². The van der Waals surface area contributed by atoms with Crippen molar-refractivity contribution in [1.82, 2.24) is 0 Å². The van der Waals surface area contributed by atoms with Crippen molar-refractivity contribution in [3.8, 4) is 33.4 Å². The monoisotopic (exact) mass is 874 g/mol. The topological polar surface area (TPSA) is 0 Å². The Morgan fingerprint density at radius 2 is 0.485 bits per heavy atom. The number of hydrogen-bond donors (Lipinski definition) is 0. The van der Waals surface area contributed by atoms with Crippen LogP contribution in [0.2, 0.25) is 0 Å². The van der Waals surface area contributed by atoms with Crippen LogP contribution in [0.5, 0.6) is 0 Å². The molecule has 2 aliphatic rings. The molecule has 0 saturated heterocycles. The average molecular weight is 875 g/mol. The number of fused-ring (bicyclic) bond motifs is 6. The summed E-state index contributed by atoms with van der Waals surface area (Å²) in [4.78, 5) is 0. The quantitative estimate of drug-likeness (QED) is 0.100. The second kappa shape index (κ2) is 16.3. The summed E-state index contributed by atoms with van der Waals surface area (Å²) in [7, 11) is -5.39. The van der Waals surface area contributed by atoms with Crippen LogP contribution in [0.4, 0.5) is 0 Å². The summed E-state index contributed by atoms with van der Waals surface area (Å²) >= 11 is 0. The molecule has 314 valence electrons. The Balaban J connectivity index is 1.02. The lowest BCUT2D eigenvalue weighted by Gasteiger charge is -2.34. The summed E-state index contributed by atoms with van der Waals surface area (Å²) in [6.45, 7) is 4.58. The van der Waals surface area contributed by atoms with Gasteiger partial charge in [-0.2, -0.15) is 0 Å². The van der Waals surface area contributed by atoms with Gasteiger partial charge in [0.15, 0.2) is 16.1 Å². The van der Waals surface area contributed by atoms with Gasteiger partial charge in [-0.25, -0.2) is 0 Å². The lowest BCUT2D eigenvalue weighted by molar-refractivity contribution is 1.23. The minimum atomic E-state index is -2.69. The molecule has 0 fully saturated rings. The van der Waals surface area contributed by atoms with Gasteiger partial charge in [0.1, 0.15) is 0 Å². The summed E-state index contributed by atoms with van der Waals surface area (Å²) in [5, 5.41) is 11.3. The Morgan fingerprint density at radius 3 is 0.742 bits per heavy atom. The van der Waals surface area contributed by atoms with Gasteiger partial charge in [-0.1, -0.05) is 243 Å². The van der Waals surface area contributed by atoms with Crippen molar-refractivity contribution < 1.29 is 0 Å². The molecule has 0 aromatic heterocycles. The molecule has 2 heteroatoms. The van der Waals surface area contributed by atoms with E-state index in [0.29, 0.717) is 0 Å². The van der Waals surface area contributed by atoms with Gasteiger partial charge in [0.2, 0.25) is 0 Å². The molecule has 0 radical (unpaired) electrons. The first-order valence-electron chi connectivity index (χ1n) is 23.4. The lowest BCUT2D eigenvalue weighted by Crippen LogP contribution is -2.74. The van der Waals surface area contributed by atoms with Crippen molar-refractivity contribution in [3.05, 3.63) is 276 Å². The van der Waals surface area contributed by atoms with E-state index in [1.807, 2.05) is 0 Å². The highest BCUT2D eigenvalue weighted by molar-refractivity contribution is 7.20. The van der Waals surface area contributed by atoms with Gasteiger partial charge in [0.05, 0.1) is 0 Å². The van der Waals surface area contributed by atoms with Crippen LogP contribution < -0.4 is 41.5 Å². The molecule has 0 N–H and O–H groups in total. The van der Waals surface area contributed by atoms with Gasteiger partial charge in [-0.3, -0.25) is 0 Å². The third kappa shape index (κ3) is 6.31. The van der Waals surface area contributed by atoms with Gasteiger partial charge >= 0.3 is 0 Å². The molecule has 0 saturated carbocycles. The molecular formula is C64H50Si2. The molecule has 66 heavy (non-hydrogen) atoms. The predicted octanol–water partition coefficient (Wildman–Crippen LogP) is 9.87. The average Bonchev–Trinajstić information content (AvgIpc) is 3.94. The van der Waals surface area contributed by atoms with Crippen molar-refractivity contribution >= 4 is 57.6 Å². The molecule has 0 unspecified atom stereocenters. The Hall–Kier alpha value is -7.37. The number of benzene rings is 10. The third-order valence-corrected chi connectivity index (χ3v) is 24.3. The van der Waals surface area contributed by atoms with Crippen LogP contribution in [0.25, 0.3) is 33.4 Å². The molecule has 0 heterocycles. The maximum absolute atomic E-state index is 2.69. The second-order valence-corrected chi connectivity index (χ2v) is 26.1. The van der Waals surface area contributed by atoms with E-state index in [0.717, 1.165) is 12.8 Å². The zero-order valence-electron chi connectivity index (χ0n) is 37.5. The van der Waals surface area contributed by atoms with Crippen LogP contribution in [0.15, 0.2) is 243 Å². The molecule has 2 aliphatic carbocycles. The SMILES string of the molecule is Cc1cc2c(c(-c3cc(C)cc4c3Cc3ccc([Si](c5ccccc5)(c5ccccc5)c5ccccc5)cc3-4)c1)Cc1ccc([Si](c3ccccc3)(c3ccccc3)c3ccccc3)cc1-2. The minimum absolute atomic E-state index is 0.927. The highest BCUT2D eigenvalue weighted by Gasteiger charge is 2.44. The fourth-order valence-corrected chi connectivity index (χ4v) is 21.5. The molecule has 10 aromatic rings. The van der Waals surface area contributed by atoms with Crippen LogP contribution in [0, 0.1) is 13.8 Å². The summed E-state index contributed by atoms with van der Waals surface area (Å²) in [5.74, 6) is 0. The largest absolute Gasteiger partial charge is 0.179 e. The summed E-state index contributed by atoms with van der Waals surface area (Å²) in [6.07, 6.45) is 1.85. The van der Waals surface area contributed by atoms with E-state index in [2.05, 4.69) is 257 Å². The molecule has 0 aliphatic heterocycles. The lowest BCUT2D eigenvalue weighted by atomic mass is 9.88. The van der Waals surface area contributed by atoms with E-state index in [9.17, 15) is 0 Å². The fraction of sp³-hybridized carbons (Fsp3) is 0.0625. The van der Waals surface area contributed by atoms with E-state index >= 15 is 0 Å². The Kier molecular flexibility index (Phi) is 9.89. The standard InChI is InChI=1S/C64H50Si2/c1-45-37-59-57-43-55(65(49-21-9-3-10-22-49,50-23-11-4-12-24-50)51-25-13-5-14-26-51)35-33-47(57)41-63(59)61(39-45)62-40-46(2)38-60-58-44-56(36-34-48(58)42-64(60)62)66(52-27-15-6-16-28-52,53-29-17-7-18-30-53)54-31-19-8-20-32-54/h3-40,43-44H,41-42H2,1-2H3. The first-order valence-corrected chi connectivity index (χ1v) is 27.4. The summed E-state index contributed by atoms with van der Waals surface area (Å²) < 4.78 is 0. The first-order chi connectivity index (χ1) is 32.5. The zero-order chi connectivity index (χ0) is 44.2. The van der Waals surface area contributed by atoms with Crippen molar-refractivity contribution in [2.45, 2.75) is 26.7 Å². The smallest absolute Gasteiger partial charge is 0.0623 e. The fourth-order valence-electron chi connectivity index (χ4n) is 11.9. The van der Waals surface area contributed by atoms with Gasteiger partial charge in [0, 0.05) is 0 Å². The first kappa shape index (κ1) is 40.2. The molecule has 0 spiro atoms. The molecule has 0 amide bonds. The van der Waals surface area contributed by atoms with Crippen LogP contribution in [-0.2, 0) is 12.8 Å². The van der Waals surface area contributed by atoms with Crippen LogP contribution >= 0.6 is 0 Å². The number of hydrogen-bond acceptors (Lipinski definition) is 0.